The summed E-state index contributed by atoms with van der Waals surface area (Å²) in [7, 11) is 0. The Balaban J connectivity index is 4.10. The second-order valence-corrected chi connectivity index (χ2v) is 24.5. The van der Waals surface area contributed by atoms with Gasteiger partial charge in [-0.15, -0.1) is 0 Å². The third-order valence-corrected chi connectivity index (χ3v) is 16.4. The van der Waals surface area contributed by atoms with Crippen LogP contribution in [0, 0.1) is 0 Å². The Morgan fingerprint density at radius 2 is 0.450 bits per heavy atom. The summed E-state index contributed by atoms with van der Waals surface area (Å²) in [4.78, 5) is 38.3. The highest BCUT2D eigenvalue weighted by molar-refractivity contribution is 5.71. The molecule has 0 heterocycles. The lowest BCUT2D eigenvalue weighted by Crippen LogP contribution is -2.30. The van der Waals surface area contributed by atoms with Crippen molar-refractivity contribution in [3.63, 3.8) is 0 Å². The number of unbranched alkanes of at least 4 members (excludes halogenated alkanes) is 50. The van der Waals surface area contributed by atoms with Gasteiger partial charge in [0.1, 0.15) is 13.2 Å². The first-order valence-electron chi connectivity index (χ1n) is 36.0. The summed E-state index contributed by atoms with van der Waals surface area (Å²) in [6.45, 7) is 6.68. The predicted molar refractivity (Wildman–Crippen MR) is 349 cm³/mol. The van der Waals surface area contributed by atoms with Gasteiger partial charge in [-0.1, -0.05) is 340 Å². The Morgan fingerprint density at radius 3 is 0.700 bits per heavy atom. The van der Waals surface area contributed by atoms with E-state index in [4.69, 9.17) is 14.2 Å². The first-order valence-corrected chi connectivity index (χ1v) is 36.0. The first kappa shape index (κ1) is 77.6. The Labute approximate surface area is 499 Å². The van der Waals surface area contributed by atoms with Gasteiger partial charge in [-0.2, -0.15) is 0 Å². The lowest BCUT2D eigenvalue weighted by atomic mass is 10.0. The standard InChI is InChI=1S/C74H138O6/c1-4-7-10-13-16-19-22-24-26-28-30-32-33-34-35-36-37-38-39-40-41-43-44-46-48-50-52-55-58-61-64-67-73(76)79-70-71(69-78-72(75)66-63-60-57-54-21-18-15-12-9-6-3)80-74(77)68-65-62-59-56-53-51-49-47-45-42-31-29-27-25-23-20-17-14-11-8-5-2/h23,25,28-31,71H,4-22,24,26-27,32-70H2,1-3H3/b25-23-,30-28-,31-29-. The smallest absolute Gasteiger partial charge is 0.306 e. The van der Waals surface area contributed by atoms with E-state index in [0.717, 1.165) is 64.2 Å². The van der Waals surface area contributed by atoms with Crippen molar-refractivity contribution in [1.82, 2.24) is 0 Å². The molecule has 0 bridgehead atoms. The zero-order valence-electron chi connectivity index (χ0n) is 54.1. The molecule has 0 aromatic carbocycles. The molecule has 0 aliphatic heterocycles. The second kappa shape index (κ2) is 69.1. The van der Waals surface area contributed by atoms with Gasteiger partial charge in [0.2, 0.25) is 0 Å². The summed E-state index contributed by atoms with van der Waals surface area (Å²) in [5, 5.41) is 0. The first-order chi connectivity index (χ1) is 39.5. The fourth-order valence-corrected chi connectivity index (χ4v) is 10.9. The number of rotatable bonds is 67. The van der Waals surface area contributed by atoms with Crippen molar-refractivity contribution in [1.29, 1.82) is 0 Å². The summed E-state index contributed by atoms with van der Waals surface area (Å²) >= 11 is 0. The van der Waals surface area contributed by atoms with Crippen LogP contribution in [0.15, 0.2) is 36.5 Å². The van der Waals surface area contributed by atoms with Crippen molar-refractivity contribution in [2.45, 2.75) is 406 Å². The van der Waals surface area contributed by atoms with Crippen molar-refractivity contribution in [3.8, 4) is 0 Å². The van der Waals surface area contributed by atoms with Crippen molar-refractivity contribution >= 4 is 17.9 Å². The SMILES string of the molecule is CCCCCCC/C=C\C/C=C\CCCCCCCCCCCC(=O)OC(COC(=O)CCCCCCCCCCCC)COC(=O)CCCCCCCCCCCCCCCCCCCCC/C=C\CCCCCCCCCC. The van der Waals surface area contributed by atoms with E-state index in [1.165, 1.54) is 295 Å². The summed E-state index contributed by atoms with van der Waals surface area (Å²) in [6.07, 6.45) is 86.2. The Kier molecular flexibility index (Phi) is 67.1. The van der Waals surface area contributed by atoms with Gasteiger partial charge in [0.15, 0.2) is 6.10 Å². The maximum absolute atomic E-state index is 12.9. The molecule has 0 aliphatic carbocycles. The van der Waals surface area contributed by atoms with Crippen molar-refractivity contribution in [2.75, 3.05) is 13.2 Å². The summed E-state index contributed by atoms with van der Waals surface area (Å²) in [5.41, 5.74) is 0. The van der Waals surface area contributed by atoms with Crippen LogP contribution < -0.4 is 0 Å². The van der Waals surface area contributed by atoms with Crippen LogP contribution >= 0.6 is 0 Å². The third-order valence-electron chi connectivity index (χ3n) is 16.4. The predicted octanol–water partition coefficient (Wildman–Crippen LogP) is 24.7. The monoisotopic (exact) mass is 1120 g/mol. The quantitative estimate of drug-likeness (QED) is 0.0261. The topological polar surface area (TPSA) is 78.9 Å². The molecule has 80 heavy (non-hydrogen) atoms. The van der Waals surface area contributed by atoms with Crippen LogP contribution in [0.5, 0.6) is 0 Å². The van der Waals surface area contributed by atoms with Gasteiger partial charge < -0.3 is 14.2 Å². The van der Waals surface area contributed by atoms with Crippen LogP contribution in [0.3, 0.4) is 0 Å². The fourth-order valence-electron chi connectivity index (χ4n) is 10.9. The minimum atomic E-state index is -0.771. The molecule has 0 amide bonds. The molecule has 0 saturated heterocycles. The molecule has 0 spiro atoms. The van der Waals surface area contributed by atoms with Gasteiger partial charge in [-0.3, -0.25) is 14.4 Å². The molecule has 470 valence electrons. The average molecular weight is 1120 g/mol. The molecule has 6 heteroatoms. The van der Waals surface area contributed by atoms with Crippen molar-refractivity contribution in [2.24, 2.45) is 0 Å². The lowest BCUT2D eigenvalue weighted by molar-refractivity contribution is -0.167. The molecule has 0 aromatic rings. The van der Waals surface area contributed by atoms with Crippen LogP contribution in [0.1, 0.15) is 400 Å². The maximum atomic E-state index is 12.9. The number of carbonyl (C=O) groups is 3. The van der Waals surface area contributed by atoms with E-state index in [9.17, 15) is 14.4 Å². The van der Waals surface area contributed by atoms with Gasteiger partial charge in [0, 0.05) is 19.3 Å². The largest absolute Gasteiger partial charge is 0.462 e. The number of hydrogen-bond donors (Lipinski definition) is 0. The van der Waals surface area contributed by atoms with E-state index in [1.807, 2.05) is 0 Å². The Hall–Kier alpha value is -2.37. The van der Waals surface area contributed by atoms with E-state index in [2.05, 4.69) is 57.2 Å². The van der Waals surface area contributed by atoms with Crippen LogP contribution in [-0.2, 0) is 28.6 Å². The molecular weight excluding hydrogens is 985 g/mol. The molecule has 6 nitrogen and oxygen atoms in total. The molecule has 1 unspecified atom stereocenters. The number of carbonyl (C=O) groups excluding carboxylic acids is 3. The third kappa shape index (κ3) is 66.4. The van der Waals surface area contributed by atoms with E-state index in [-0.39, 0.29) is 31.1 Å². The maximum Gasteiger partial charge on any atom is 0.306 e. The molecule has 0 aromatic heterocycles. The zero-order valence-corrected chi connectivity index (χ0v) is 54.1. The molecule has 0 N–H and O–H groups in total. The van der Waals surface area contributed by atoms with E-state index in [0.29, 0.717) is 19.3 Å². The highest BCUT2D eigenvalue weighted by atomic mass is 16.6. The highest BCUT2D eigenvalue weighted by Crippen LogP contribution is 2.18. The van der Waals surface area contributed by atoms with Gasteiger partial charge >= 0.3 is 17.9 Å². The number of ether oxygens (including phenoxy) is 3. The fraction of sp³-hybridized carbons (Fsp3) is 0.878. The van der Waals surface area contributed by atoms with Crippen LogP contribution in [0.25, 0.3) is 0 Å². The summed E-state index contributed by atoms with van der Waals surface area (Å²) in [6, 6.07) is 0. The van der Waals surface area contributed by atoms with Crippen molar-refractivity contribution < 1.29 is 28.6 Å². The molecule has 0 fully saturated rings. The number of allylic oxidation sites excluding steroid dienone is 6. The van der Waals surface area contributed by atoms with E-state index < -0.39 is 6.10 Å². The van der Waals surface area contributed by atoms with E-state index >= 15 is 0 Å². The van der Waals surface area contributed by atoms with Crippen LogP contribution in [0.4, 0.5) is 0 Å². The van der Waals surface area contributed by atoms with Gasteiger partial charge in [-0.05, 0) is 77.0 Å². The van der Waals surface area contributed by atoms with Gasteiger partial charge in [0.05, 0.1) is 0 Å². The molecular formula is C74H138O6. The van der Waals surface area contributed by atoms with Crippen LogP contribution in [-0.4, -0.2) is 37.2 Å². The second-order valence-electron chi connectivity index (χ2n) is 24.5. The molecule has 0 rings (SSSR count). The normalized spacial score (nSPS) is 12.2. The molecule has 0 radical (unpaired) electrons. The Morgan fingerprint density at radius 1 is 0.250 bits per heavy atom. The summed E-state index contributed by atoms with van der Waals surface area (Å²) < 4.78 is 17.0. The van der Waals surface area contributed by atoms with E-state index in [1.54, 1.807) is 0 Å². The highest BCUT2D eigenvalue weighted by Gasteiger charge is 2.19. The number of esters is 3. The molecule has 0 aliphatic rings. The zero-order chi connectivity index (χ0) is 57.8. The lowest BCUT2D eigenvalue weighted by Gasteiger charge is -2.18. The molecule has 0 saturated carbocycles. The van der Waals surface area contributed by atoms with Crippen LogP contribution in [0.2, 0.25) is 0 Å². The van der Waals surface area contributed by atoms with Gasteiger partial charge in [-0.25, -0.2) is 0 Å². The van der Waals surface area contributed by atoms with Gasteiger partial charge in [0.25, 0.3) is 0 Å². The Bertz CT molecular complexity index is 1340. The van der Waals surface area contributed by atoms with Crippen molar-refractivity contribution in [3.05, 3.63) is 36.5 Å². The summed E-state index contributed by atoms with van der Waals surface area (Å²) in [5.74, 6) is -0.847. The minimum Gasteiger partial charge on any atom is -0.462 e. The average Bonchev–Trinajstić information content (AvgIpc) is 3.46. The molecule has 1 atom stereocenters. The minimum absolute atomic E-state index is 0.0683. The number of hydrogen-bond acceptors (Lipinski definition) is 6.